The fourth-order valence-corrected chi connectivity index (χ4v) is 25.0. The number of ether oxygens (including phenoxy) is 2. The molecule has 4 fully saturated rings. The van der Waals surface area contributed by atoms with E-state index in [9.17, 15) is 72.5 Å². The minimum Gasteiger partial charge on any atom is -0.857 e. The molecule has 0 aromatic carbocycles. The van der Waals surface area contributed by atoms with Crippen molar-refractivity contribution in [3.63, 3.8) is 0 Å². The van der Waals surface area contributed by atoms with Crippen LogP contribution >= 0.6 is 121 Å². The summed E-state index contributed by atoms with van der Waals surface area (Å²) in [6.45, 7) is 36.9. The van der Waals surface area contributed by atoms with Crippen molar-refractivity contribution in [1.29, 1.82) is 0 Å². The van der Waals surface area contributed by atoms with Crippen LogP contribution in [0.5, 0.6) is 0 Å². The van der Waals surface area contributed by atoms with E-state index in [1.54, 1.807) is 18.7 Å². The van der Waals surface area contributed by atoms with Crippen LogP contribution in [0.4, 0.5) is 0 Å². The van der Waals surface area contributed by atoms with Crippen LogP contribution < -0.4 is 26.4 Å². The van der Waals surface area contributed by atoms with E-state index in [-0.39, 0.29) is 99.0 Å². The standard InChI is InChI=1S/C20H34N2O7S4.C13H22N2O5S2.C12H21NO2S.2C11H20OS2.C10H20O2.CH3O/c1-12(2)18(25)8-6-5-7-15(33-32-11-17(20(28)29)22-14(4)24)9-30-31-10-16(19(26)27)21-13(3)23;1-7(2)12(18)10(14-8(3)16)5-21-22-6-11(13(19)20)15-9(4)17;1-8(2)11(14)10-5-4-6-13(10)12(15)9(3)7-16;2*1-9(2)11(12)6-4-3-5-10-7-8-13-14-10;1-8(2)5-9-6-11-10(3,4)12-7-9;1-2/h12,15-17H,5-11H2,1-4H3,(H,21,23)(H,22,24)(H,26,27)(H,28,29);7,10-11H,5-6H2,1-4H3,(H,14,16)(H,15,17)(H,19,20);8-10,16H,4-7H2,1-3H3;2*9-10H,3-8H2,1-2H3;8-9H,5-7H2,1-4H3;1H3/q;;;;;;-1. The number of carboxylic acids is 3. The lowest BCUT2D eigenvalue weighted by Crippen LogP contribution is -2.44. The fourth-order valence-electron chi connectivity index (χ4n) is 10.5. The monoisotopic (exact) mass is 1800 g/mol. The first-order valence-electron chi connectivity index (χ1n) is 39.3. The smallest absolute Gasteiger partial charge is 0.327 e. The molecule has 7 N–H and O–H groups in total. The molecular formula is C78H140N5O19S11-. The normalized spacial score (nSPS) is 17.9. The number of carboxylic acid groups (broad SMARTS) is 3. The average molecular weight is 1800 g/mol. The third-order valence-electron chi connectivity index (χ3n) is 17.1. The van der Waals surface area contributed by atoms with Gasteiger partial charge in [0.1, 0.15) is 35.5 Å². The molecule has 0 aromatic heterocycles. The van der Waals surface area contributed by atoms with Crippen LogP contribution in [0.2, 0.25) is 0 Å². The van der Waals surface area contributed by atoms with E-state index in [0.717, 1.165) is 101 Å². The predicted molar refractivity (Wildman–Crippen MR) is 481 cm³/mol. The molecule has 9 unspecified atom stereocenters. The molecule has 4 rings (SSSR count). The Labute approximate surface area is 722 Å². The van der Waals surface area contributed by atoms with Gasteiger partial charge in [0.05, 0.1) is 25.3 Å². The lowest BCUT2D eigenvalue weighted by molar-refractivity contribution is -0.325. The van der Waals surface area contributed by atoms with Crippen LogP contribution in [-0.4, -0.2) is 221 Å². The van der Waals surface area contributed by atoms with Crippen LogP contribution in [0.15, 0.2) is 0 Å². The molecule has 4 saturated heterocycles. The summed E-state index contributed by atoms with van der Waals surface area (Å²) in [4.78, 5) is 150. The minimum absolute atomic E-state index is 0.00436. The van der Waals surface area contributed by atoms with Crippen LogP contribution in [0.1, 0.15) is 241 Å². The number of carbonyl (C=O) groups is 13. The summed E-state index contributed by atoms with van der Waals surface area (Å²) in [7, 11) is 17.1. The van der Waals surface area contributed by atoms with Gasteiger partial charge in [0, 0.05) is 157 Å². The van der Waals surface area contributed by atoms with Crippen LogP contribution in [0.3, 0.4) is 0 Å². The molecule has 9 atom stereocenters. The maximum absolute atomic E-state index is 12.0. The number of likely N-dealkylation sites (tertiary alicyclic amines) is 1. The molecule has 658 valence electrons. The van der Waals surface area contributed by atoms with Gasteiger partial charge in [-0.1, -0.05) is 217 Å². The quantitative estimate of drug-likeness (QED) is 0.0159. The molecular weight excluding hydrogens is 1660 g/mol. The highest BCUT2D eigenvalue weighted by molar-refractivity contribution is 8.79. The number of hydrogen-bond donors (Lipinski definition) is 8. The van der Waals surface area contributed by atoms with Crippen molar-refractivity contribution < 1.29 is 92.2 Å². The van der Waals surface area contributed by atoms with Crippen molar-refractivity contribution >= 4 is 197 Å². The molecule has 0 radical (unpaired) electrons. The molecule has 24 nitrogen and oxygen atoms in total. The zero-order valence-electron chi connectivity index (χ0n) is 70.9. The molecule has 4 aliphatic heterocycles. The van der Waals surface area contributed by atoms with Gasteiger partial charge in [0.15, 0.2) is 17.4 Å². The summed E-state index contributed by atoms with van der Waals surface area (Å²) >= 11 is 4.14. The maximum Gasteiger partial charge on any atom is 0.327 e. The number of hydrogen-bond acceptors (Lipinski definition) is 27. The highest BCUT2D eigenvalue weighted by Crippen LogP contribution is 2.41. The predicted octanol–water partition coefficient (Wildman–Crippen LogP) is 14.8. The topological polar surface area (TPSA) is 375 Å². The second-order valence-corrected chi connectivity index (χ2v) is 44.1. The lowest BCUT2D eigenvalue weighted by atomic mass is 9.98. The molecule has 4 heterocycles. The van der Waals surface area contributed by atoms with Gasteiger partial charge in [0.25, 0.3) is 0 Å². The van der Waals surface area contributed by atoms with E-state index in [1.165, 1.54) is 149 Å². The second-order valence-electron chi connectivity index (χ2n) is 30.3. The number of nitrogens with zero attached hydrogens (tertiary/aromatic N) is 1. The van der Waals surface area contributed by atoms with Gasteiger partial charge >= 0.3 is 17.9 Å². The van der Waals surface area contributed by atoms with E-state index in [2.05, 4.69) is 47.7 Å². The number of amides is 5. The molecule has 5 amide bonds. The zero-order chi connectivity index (χ0) is 86.9. The number of unbranched alkanes of at least 4 members (excludes halogenated alkanes) is 3. The Balaban J connectivity index is -0.00000133. The molecule has 0 saturated carbocycles. The lowest BCUT2D eigenvalue weighted by Gasteiger charge is -2.35. The van der Waals surface area contributed by atoms with Crippen molar-refractivity contribution in [2.75, 3.05) is 72.9 Å². The van der Waals surface area contributed by atoms with Gasteiger partial charge in [-0.05, 0) is 90.4 Å². The Bertz CT molecular complexity index is 2700. The molecule has 0 spiro atoms. The summed E-state index contributed by atoms with van der Waals surface area (Å²) in [5.41, 5.74) is 0. The van der Waals surface area contributed by atoms with Gasteiger partial charge in [-0.15, -0.1) is 0 Å². The molecule has 0 aliphatic carbocycles. The van der Waals surface area contributed by atoms with Crippen LogP contribution in [0, 0.1) is 47.3 Å². The first-order valence-corrected chi connectivity index (χ1v) is 52.1. The number of thiol groups is 1. The van der Waals surface area contributed by atoms with Gasteiger partial charge in [-0.3, -0.25) is 47.9 Å². The van der Waals surface area contributed by atoms with Crippen molar-refractivity contribution in [1.82, 2.24) is 26.2 Å². The minimum atomic E-state index is -1.11. The second kappa shape index (κ2) is 68.5. The van der Waals surface area contributed by atoms with Crippen LogP contribution in [0.25, 0.3) is 0 Å². The Kier molecular flexibility index (Phi) is 69.7. The zero-order valence-corrected chi connectivity index (χ0v) is 79.9. The van der Waals surface area contributed by atoms with Crippen molar-refractivity contribution in [3.8, 4) is 0 Å². The largest absolute Gasteiger partial charge is 0.857 e. The summed E-state index contributed by atoms with van der Waals surface area (Å²) in [5.74, 6) is 2.46. The first kappa shape index (κ1) is 115. The number of carbonyl (C=O) groups excluding carboxylic acids is 10. The summed E-state index contributed by atoms with van der Waals surface area (Å²) in [5, 5.41) is 47.3. The van der Waals surface area contributed by atoms with Crippen molar-refractivity contribution in [2.24, 2.45) is 47.3 Å². The number of rotatable bonds is 47. The van der Waals surface area contributed by atoms with E-state index in [4.69, 9.17) is 19.7 Å². The molecule has 0 aromatic rings. The Morgan fingerprint density at radius 2 is 0.876 bits per heavy atom. The van der Waals surface area contributed by atoms with Gasteiger partial charge in [-0.25, -0.2) is 14.4 Å². The molecule has 113 heavy (non-hydrogen) atoms. The number of ketones is 5. The number of nitrogens with one attached hydrogen (secondary N) is 4. The van der Waals surface area contributed by atoms with E-state index < -0.39 is 59.8 Å². The fraction of sp³-hybridized carbons (Fsp3) is 0.833. The highest BCUT2D eigenvalue weighted by Gasteiger charge is 2.37. The molecule has 0 bridgehead atoms. The van der Waals surface area contributed by atoms with E-state index in [0.29, 0.717) is 41.2 Å². The van der Waals surface area contributed by atoms with Crippen molar-refractivity contribution in [3.05, 3.63) is 0 Å². The highest BCUT2D eigenvalue weighted by atomic mass is 33.1. The Morgan fingerprint density at radius 3 is 1.21 bits per heavy atom. The SMILES string of the molecule is CC(=O)NC(CSSCC(CCCCC(=O)C(C)C)SSCC(NC(C)=O)C(=O)O)C(=O)O.CC(=O)NC(CSSCC(NC(C)=O)C(=O)C(C)C)C(=O)O.CC(C)C(=O)C1CCCN1C(=O)C(C)CS.CC(C)C(=O)CCCCC1CCSS1.CC(C)C(=O)CCCCC1CCSS1.CC(C)CC1COC(C)(C)OC1.C[O-]. The third kappa shape index (κ3) is 60.9. The van der Waals surface area contributed by atoms with Crippen molar-refractivity contribution in [2.45, 2.75) is 292 Å². The Morgan fingerprint density at radius 1 is 0.504 bits per heavy atom. The number of Topliss-reactive ketones (excluding diaryl/α,β-unsaturated/α-hetero) is 5. The first-order chi connectivity index (χ1) is 53.0. The van der Waals surface area contributed by atoms with Gasteiger partial charge in [0.2, 0.25) is 29.5 Å². The van der Waals surface area contributed by atoms with E-state index >= 15 is 0 Å². The van der Waals surface area contributed by atoms with Crippen LogP contribution in [-0.2, 0) is 71.8 Å². The van der Waals surface area contributed by atoms with Gasteiger partial charge in [-0.2, -0.15) is 19.7 Å². The van der Waals surface area contributed by atoms with Gasteiger partial charge < -0.3 is 56.1 Å². The average Bonchev–Trinajstić information content (AvgIpc) is 1.70. The summed E-state index contributed by atoms with van der Waals surface area (Å²) < 4.78 is 11.1. The molecule has 4 aliphatic rings. The summed E-state index contributed by atoms with van der Waals surface area (Å²) in [6, 6.07) is -3.69. The summed E-state index contributed by atoms with van der Waals surface area (Å²) in [6.07, 6.45) is 17.5. The van der Waals surface area contributed by atoms with E-state index in [1.807, 2.05) is 119 Å². The maximum atomic E-state index is 12.0. The Hall–Kier alpha value is -2.16. The third-order valence-corrected chi connectivity index (χ3v) is 31.7. The number of aliphatic carboxylic acids is 3. The molecule has 35 heteroatoms.